The predicted octanol–water partition coefficient (Wildman–Crippen LogP) is 1.45. The van der Waals surface area contributed by atoms with Gasteiger partial charge in [-0.2, -0.15) is 5.26 Å². The van der Waals surface area contributed by atoms with Gasteiger partial charge in [0, 0.05) is 19.1 Å². The van der Waals surface area contributed by atoms with Crippen LogP contribution in [0.25, 0.3) is 0 Å². The SMILES string of the molecule is N#Cc1cccc(CS(=O)(=O)N2CC3CCCC(N)C3C2)c1. The third-order valence-corrected chi connectivity index (χ3v) is 6.70. The molecule has 3 atom stereocenters. The van der Waals surface area contributed by atoms with Gasteiger partial charge in [-0.05, 0) is 42.4 Å². The molecule has 22 heavy (non-hydrogen) atoms. The molecule has 3 rings (SSSR count). The zero-order valence-corrected chi connectivity index (χ0v) is 13.3. The van der Waals surface area contributed by atoms with Crippen LogP contribution in [0.4, 0.5) is 0 Å². The third kappa shape index (κ3) is 3.02. The lowest BCUT2D eigenvalue weighted by Crippen LogP contribution is -2.38. The quantitative estimate of drug-likeness (QED) is 0.913. The second-order valence-corrected chi connectivity index (χ2v) is 8.37. The second-order valence-electron chi connectivity index (χ2n) is 6.40. The number of benzene rings is 1. The predicted molar refractivity (Wildman–Crippen MR) is 84.2 cm³/mol. The van der Waals surface area contributed by atoms with Crippen molar-refractivity contribution in [3.63, 3.8) is 0 Å². The lowest BCUT2D eigenvalue weighted by molar-refractivity contribution is 0.260. The molecule has 1 saturated carbocycles. The van der Waals surface area contributed by atoms with Crippen molar-refractivity contribution in [3.05, 3.63) is 35.4 Å². The van der Waals surface area contributed by atoms with E-state index in [0.29, 0.717) is 36.1 Å². The minimum absolute atomic E-state index is 0.0444. The average Bonchev–Trinajstić information content (AvgIpc) is 2.93. The van der Waals surface area contributed by atoms with Crippen LogP contribution in [0.15, 0.2) is 24.3 Å². The molecule has 6 heteroatoms. The fraction of sp³-hybridized carbons (Fsp3) is 0.562. The van der Waals surface area contributed by atoms with E-state index in [0.717, 1.165) is 19.3 Å². The van der Waals surface area contributed by atoms with E-state index < -0.39 is 10.0 Å². The van der Waals surface area contributed by atoms with E-state index in [9.17, 15) is 8.42 Å². The number of nitriles is 1. The van der Waals surface area contributed by atoms with Crippen molar-refractivity contribution in [2.24, 2.45) is 17.6 Å². The van der Waals surface area contributed by atoms with Gasteiger partial charge in [0.25, 0.3) is 0 Å². The van der Waals surface area contributed by atoms with Crippen molar-refractivity contribution in [1.29, 1.82) is 5.26 Å². The molecule has 1 aliphatic heterocycles. The Morgan fingerprint density at radius 1 is 1.32 bits per heavy atom. The molecule has 5 nitrogen and oxygen atoms in total. The topological polar surface area (TPSA) is 87.2 Å². The molecule has 0 radical (unpaired) electrons. The number of hydrogen-bond donors (Lipinski definition) is 1. The lowest BCUT2D eigenvalue weighted by atomic mass is 9.78. The van der Waals surface area contributed by atoms with Crippen LogP contribution < -0.4 is 5.73 Å². The zero-order chi connectivity index (χ0) is 15.7. The highest BCUT2D eigenvalue weighted by Gasteiger charge is 2.42. The first-order valence-electron chi connectivity index (χ1n) is 7.72. The number of hydrogen-bond acceptors (Lipinski definition) is 4. The molecule has 0 spiro atoms. The molecular formula is C16H21N3O2S. The van der Waals surface area contributed by atoms with Crippen LogP contribution in [0, 0.1) is 23.2 Å². The summed E-state index contributed by atoms with van der Waals surface area (Å²) in [5.41, 5.74) is 7.31. The minimum atomic E-state index is -3.35. The highest BCUT2D eigenvalue weighted by molar-refractivity contribution is 7.88. The second kappa shape index (κ2) is 5.99. The van der Waals surface area contributed by atoms with Crippen LogP contribution in [0.5, 0.6) is 0 Å². The molecule has 0 aromatic heterocycles. The lowest BCUT2D eigenvalue weighted by Gasteiger charge is -2.29. The molecule has 2 aliphatic rings. The summed E-state index contributed by atoms with van der Waals surface area (Å²) >= 11 is 0. The van der Waals surface area contributed by atoms with Crippen molar-refractivity contribution in [2.45, 2.75) is 31.1 Å². The Hall–Kier alpha value is -1.42. The zero-order valence-electron chi connectivity index (χ0n) is 12.5. The Morgan fingerprint density at radius 2 is 2.14 bits per heavy atom. The summed E-state index contributed by atoms with van der Waals surface area (Å²) < 4.78 is 26.9. The van der Waals surface area contributed by atoms with Crippen molar-refractivity contribution in [3.8, 4) is 6.07 Å². The molecule has 1 aromatic carbocycles. The molecule has 2 N–H and O–H groups in total. The Balaban J connectivity index is 1.75. The normalized spacial score (nSPS) is 29.0. The highest BCUT2D eigenvalue weighted by atomic mass is 32.2. The van der Waals surface area contributed by atoms with E-state index in [4.69, 9.17) is 11.0 Å². The first-order chi connectivity index (χ1) is 10.5. The van der Waals surface area contributed by atoms with Crippen molar-refractivity contribution in [1.82, 2.24) is 4.31 Å². The molecule has 2 fully saturated rings. The van der Waals surface area contributed by atoms with Gasteiger partial charge in [-0.15, -0.1) is 0 Å². The van der Waals surface area contributed by atoms with Gasteiger partial charge in [0.15, 0.2) is 0 Å². The highest BCUT2D eigenvalue weighted by Crippen LogP contribution is 2.37. The summed E-state index contributed by atoms with van der Waals surface area (Å²) in [6, 6.07) is 8.98. The third-order valence-electron chi connectivity index (χ3n) is 4.92. The van der Waals surface area contributed by atoms with Crippen molar-refractivity contribution >= 4 is 10.0 Å². The summed E-state index contributed by atoms with van der Waals surface area (Å²) in [5.74, 6) is 0.662. The van der Waals surface area contributed by atoms with Gasteiger partial charge in [0.05, 0.1) is 17.4 Å². The molecule has 1 saturated heterocycles. The van der Waals surface area contributed by atoms with Gasteiger partial charge in [-0.1, -0.05) is 18.6 Å². The van der Waals surface area contributed by atoms with Crippen LogP contribution >= 0.6 is 0 Å². The van der Waals surface area contributed by atoms with Gasteiger partial charge in [0.1, 0.15) is 0 Å². The molecule has 1 aliphatic carbocycles. The maximum Gasteiger partial charge on any atom is 0.218 e. The van der Waals surface area contributed by atoms with Gasteiger partial charge in [-0.25, -0.2) is 12.7 Å². The summed E-state index contributed by atoms with van der Waals surface area (Å²) in [7, 11) is -3.35. The van der Waals surface area contributed by atoms with Gasteiger partial charge >= 0.3 is 0 Å². The Labute approximate surface area is 131 Å². The molecule has 118 valence electrons. The van der Waals surface area contributed by atoms with Crippen molar-refractivity contribution < 1.29 is 8.42 Å². The average molecular weight is 319 g/mol. The fourth-order valence-electron chi connectivity index (χ4n) is 3.74. The fourth-order valence-corrected chi connectivity index (χ4v) is 5.34. The smallest absolute Gasteiger partial charge is 0.218 e. The molecule has 0 bridgehead atoms. The monoisotopic (exact) mass is 319 g/mol. The number of nitrogens with zero attached hydrogens (tertiary/aromatic N) is 2. The van der Waals surface area contributed by atoms with Gasteiger partial charge < -0.3 is 5.73 Å². The molecule has 1 aromatic rings. The maximum absolute atomic E-state index is 12.7. The standard InChI is InChI=1S/C16H21N3O2S/c17-8-12-3-1-4-13(7-12)11-22(20,21)19-9-14-5-2-6-16(18)15(14)10-19/h1,3-4,7,14-16H,2,5-6,9-11,18H2. The summed E-state index contributed by atoms with van der Waals surface area (Å²) in [4.78, 5) is 0. The molecule has 3 unspecified atom stereocenters. The van der Waals surface area contributed by atoms with Crippen LogP contribution in [-0.2, 0) is 15.8 Å². The number of sulfonamides is 1. The summed E-state index contributed by atoms with van der Waals surface area (Å²) in [6.07, 6.45) is 3.17. The first kappa shape index (κ1) is 15.5. The van der Waals surface area contributed by atoms with Crippen molar-refractivity contribution in [2.75, 3.05) is 13.1 Å². The van der Waals surface area contributed by atoms with E-state index in [1.54, 1.807) is 28.6 Å². The van der Waals surface area contributed by atoms with E-state index in [1.807, 2.05) is 6.07 Å². The van der Waals surface area contributed by atoms with E-state index >= 15 is 0 Å². The van der Waals surface area contributed by atoms with Crippen LogP contribution in [0.2, 0.25) is 0 Å². The Kier molecular flexibility index (Phi) is 4.22. The molecule has 1 heterocycles. The number of rotatable bonds is 3. The Bertz CT molecular complexity index is 696. The van der Waals surface area contributed by atoms with Gasteiger partial charge in [0.2, 0.25) is 10.0 Å². The number of nitrogens with two attached hydrogens (primary N) is 1. The van der Waals surface area contributed by atoms with Crippen LogP contribution in [-0.4, -0.2) is 31.9 Å². The first-order valence-corrected chi connectivity index (χ1v) is 9.33. The molecular weight excluding hydrogens is 298 g/mol. The largest absolute Gasteiger partial charge is 0.327 e. The molecule has 0 amide bonds. The minimum Gasteiger partial charge on any atom is -0.327 e. The summed E-state index contributed by atoms with van der Waals surface area (Å²) in [6.45, 7) is 1.14. The van der Waals surface area contributed by atoms with E-state index in [-0.39, 0.29) is 11.8 Å². The Morgan fingerprint density at radius 3 is 2.86 bits per heavy atom. The van der Waals surface area contributed by atoms with Crippen LogP contribution in [0.3, 0.4) is 0 Å². The maximum atomic E-state index is 12.7. The number of fused-ring (bicyclic) bond motifs is 1. The van der Waals surface area contributed by atoms with E-state index in [2.05, 4.69) is 0 Å². The van der Waals surface area contributed by atoms with Crippen LogP contribution in [0.1, 0.15) is 30.4 Å². The van der Waals surface area contributed by atoms with E-state index in [1.165, 1.54) is 0 Å². The summed E-state index contributed by atoms with van der Waals surface area (Å²) in [5, 5.41) is 8.92. The van der Waals surface area contributed by atoms with Gasteiger partial charge in [-0.3, -0.25) is 0 Å².